The van der Waals surface area contributed by atoms with Crippen molar-refractivity contribution >= 4 is 27.5 Å². The topological polar surface area (TPSA) is 30.5 Å². The van der Waals surface area contributed by atoms with Crippen molar-refractivity contribution in [2.24, 2.45) is 0 Å². The van der Waals surface area contributed by atoms with Crippen LogP contribution in [0, 0.1) is 0 Å². The summed E-state index contributed by atoms with van der Waals surface area (Å²) < 4.78 is 12.5. The lowest BCUT2D eigenvalue weighted by atomic mass is 10.1. The summed E-state index contributed by atoms with van der Waals surface area (Å²) in [6, 6.07) is 11.7. The van der Waals surface area contributed by atoms with Gasteiger partial charge in [0.1, 0.15) is 6.61 Å². The van der Waals surface area contributed by atoms with Gasteiger partial charge in [-0.2, -0.15) is 0 Å². The van der Waals surface area contributed by atoms with Gasteiger partial charge in [-0.1, -0.05) is 72.3 Å². The Morgan fingerprint density at radius 2 is 1.74 bits per heavy atom. The molecule has 0 saturated heterocycles. The number of unbranched alkanes of at least 4 members (excludes halogenated alkanes) is 4. The first-order valence-electron chi connectivity index (χ1n) is 9.58. The number of methoxy groups -OCH3 is 1. The van der Waals surface area contributed by atoms with Gasteiger partial charge in [-0.05, 0) is 48.4 Å². The van der Waals surface area contributed by atoms with Crippen LogP contribution in [0.1, 0.15) is 50.2 Å². The highest BCUT2D eigenvalue weighted by atomic mass is 79.9. The van der Waals surface area contributed by atoms with Crippen LogP contribution in [0.15, 0.2) is 40.9 Å². The maximum Gasteiger partial charge on any atom is 0.162 e. The Bertz CT molecular complexity index is 691. The fourth-order valence-electron chi connectivity index (χ4n) is 2.80. The molecule has 0 aromatic heterocycles. The smallest absolute Gasteiger partial charge is 0.162 e. The quantitative estimate of drug-likeness (QED) is 0.360. The van der Waals surface area contributed by atoms with E-state index in [1.54, 1.807) is 7.11 Å². The van der Waals surface area contributed by atoms with E-state index in [4.69, 9.17) is 21.1 Å². The largest absolute Gasteiger partial charge is 0.493 e. The van der Waals surface area contributed by atoms with Crippen LogP contribution in [0.4, 0.5) is 0 Å². The molecule has 0 radical (unpaired) electrons. The maximum atomic E-state index is 5.95. The zero-order valence-corrected chi connectivity index (χ0v) is 18.5. The molecule has 0 unspecified atom stereocenters. The Hall–Kier alpha value is -1.23. The number of nitrogens with one attached hydrogen (secondary N) is 1. The van der Waals surface area contributed by atoms with Gasteiger partial charge in [-0.3, -0.25) is 0 Å². The van der Waals surface area contributed by atoms with Gasteiger partial charge in [-0.15, -0.1) is 0 Å². The highest BCUT2D eigenvalue weighted by Crippen LogP contribution is 2.34. The van der Waals surface area contributed by atoms with Crippen LogP contribution in [0.5, 0.6) is 11.5 Å². The van der Waals surface area contributed by atoms with E-state index in [0.717, 1.165) is 39.6 Å². The average molecular weight is 455 g/mol. The van der Waals surface area contributed by atoms with E-state index in [-0.39, 0.29) is 0 Å². The molecule has 0 aliphatic heterocycles. The van der Waals surface area contributed by atoms with Gasteiger partial charge in [0.25, 0.3) is 0 Å². The molecule has 27 heavy (non-hydrogen) atoms. The van der Waals surface area contributed by atoms with Crippen LogP contribution in [0.2, 0.25) is 5.02 Å². The van der Waals surface area contributed by atoms with Crippen LogP contribution >= 0.6 is 27.5 Å². The Morgan fingerprint density at radius 1 is 1.00 bits per heavy atom. The van der Waals surface area contributed by atoms with Gasteiger partial charge in [0.2, 0.25) is 0 Å². The second-order valence-electron chi connectivity index (χ2n) is 6.60. The molecule has 0 bridgehead atoms. The van der Waals surface area contributed by atoms with E-state index < -0.39 is 0 Å². The molecule has 3 nitrogen and oxygen atoms in total. The van der Waals surface area contributed by atoms with Crippen molar-refractivity contribution in [3.05, 3.63) is 57.0 Å². The molecule has 2 aromatic rings. The van der Waals surface area contributed by atoms with Crippen molar-refractivity contribution in [2.45, 2.75) is 52.2 Å². The third kappa shape index (κ3) is 7.73. The third-order valence-electron chi connectivity index (χ3n) is 4.41. The summed E-state index contributed by atoms with van der Waals surface area (Å²) in [5.74, 6) is 1.47. The molecule has 0 amide bonds. The SMILES string of the molecule is CCCCCCCNCc1cc(OC)c(OCc2ccc(Cl)cc2)cc1Br. The number of hydrogen-bond donors (Lipinski definition) is 1. The lowest BCUT2D eigenvalue weighted by molar-refractivity contribution is 0.284. The van der Waals surface area contributed by atoms with Crippen LogP contribution in [0.3, 0.4) is 0 Å². The molecule has 0 atom stereocenters. The third-order valence-corrected chi connectivity index (χ3v) is 5.40. The van der Waals surface area contributed by atoms with Gasteiger partial charge in [0.15, 0.2) is 11.5 Å². The molecule has 1 N–H and O–H groups in total. The summed E-state index contributed by atoms with van der Waals surface area (Å²) in [7, 11) is 1.67. The van der Waals surface area contributed by atoms with E-state index >= 15 is 0 Å². The zero-order chi connectivity index (χ0) is 19.5. The minimum atomic E-state index is 0.468. The number of halogens is 2. The summed E-state index contributed by atoms with van der Waals surface area (Å²) in [5.41, 5.74) is 2.23. The first kappa shape index (κ1) is 22.1. The minimum absolute atomic E-state index is 0.468. The molecule has 0 spiro atoms. The molecule has 0 aliphatic carbocycles. The predicted octanol–water partition coefficient (Wildman–Crippen LogP) is 6.75. The fraction of sp³-hybridized carbons (Fsp3) is 0.455. The van der Waals surface area contributed by atoms with Crippen molar-refractivity contribution in [3.63, 3.8) is 0 Å². The van der Waals surface area contributed by atoms with E-state index in [1.165, 1.54) is 37.7 Å². The van der Waals surface area contributed by atoms with Crippen molar-refractivity contribution in [3.8, 4) is 11.5 Å². The van der Waals surface area contributed by atoms with Crippen LogP contribution in [0.25, 0.3) is 0 Å². The molecule has 2 aromatic carbocycles. The maximum absolute atomic E-state index is 5.95. The number of benzene rings is 2. The Balaban J connectivity index is 1.88. The van der Waals surface area contributed by atoms with E-state index in [9.17, 15) is 0 Å². The van der Waals surface area contributed by atoms with Gasteiger partial charge in [0, 0.05) is 16.0 Å². The standard InChI is InChI=1S/C22H29BrClNO2/c1-3-4-5-6-7-12-25-15-18-13-21(26-2)22(14-20(18)23)27-16-17-8-10-19(24)11-9-17/h8-11,13-14,25H,3-7,12,15-16H2,1-2H3. The van der Waals surface area contributed by atoms with Gasteiger partial charge in [0.05, 0.1) is 7.11 Å². The van der Waals surface area contributed by atoms with E-state index in [2.05, 4.69) is 28.2 Å². The second kappa shape index (κ2) is 12.3. The van der Waals surface area contributed by atoms with Crippen LogP contribution < -0.4 is 14.8 Å². The first-order chi connectivity index (χ1) is 13.1. The van der Waals surface area contributed by atoms with Gasteiger partial charge in [-0.25, -0.2) is 0 Å². The van der Waals surface area contributed by atoms with Crippen LogP contribution in [-0.4, -0.2) is 13.7 Å². The summed E-state index contributed by atoms with van der Waals surface area (Å²) in [5, 5.41) is 4.24. The summed E-state index contributed by atoms with van der Waals surface area (Å²) in [4.78, 5) is 0. The molecule has 0 saturated carbocycles. The monoisotopic (exact) mass is 453 g/mol. The molecule has 148 valence electrons. The van der Waals surface area contributed by atoms with Crippen molar-refractivity contribution < 1.29 is 9.47 Å². The highest BCUT2D eigenvalue weighted by molar-refractivity contribution is 9.10. The minimum Gasteiger partial charge on any atom is -0.493 e. The lowest BCUT2D eigenvalue weighted by Gasteiger charge is -2.14. The predicted molar refractivity (Wildman–Crippen MR) is 117 cm³/mol. The molecule has 0 fully saturated rings. The fourth-order valence-corrected chi connectivity index (χ4v) is 3.39. The summed E-state index contributed by atoms with van der Waals surface area (Å²) >= 11 is 9.58. The van der Waals surface area contributed by atoms with Crippen molar-refractivity contribution in [2.75, 3.05) is 13.7 Å². The lowest BCUT2D eigenvalue weighted by Crippen LogP contribution is -2.15. The zero-order valence-electron chi connectivity index (χ0n) is 16.2. The normalized spacial score (nSPS) is 10.8. The van der Waals surface area contributed by atoms with Gasteiger partial charge >= 0.3 is 0 Å². The Kier molecular flexibility index (Phi) is 10.0. The molecular weight excluding hydrogens is 426 g/mol. The summed E-state index contributed by atoms with van der Waals surface area (Å²) in [6.07, 6.45) is 6.46. The first-order valence-corrected chi connectivity index (χ1v) is 10.8. The Labute approximate surface area is 176 Å². The molecular formula is C22H29BrClNO2. The van der Waals surface area contributed by atoms with Gasteiger partial charge < -0.3 is 14.8 Å². The molecule has 0 heterocycles. The van der Waals surface area contributed by atoms with Crippen LogP contribution in [-0.2, 0) is 13.2 Å². The highest BCUT2D eigenvalue weighted by Gasteiger charge is 2.10. The Morgan fingerprint density at radius 3 is 2.44 bits per heavy atom. The van der Waals surface area contributed by atoms with Crippen molar-refractivity contribution in [1.82, 2.24) is 5.32 Å². The van der Waals surface area contributed by atoms with E-state index in [1.807, 2.05) is 36.4 Å². The number of rotatable bonds is 12. The number of hydrogen-bond acceptors (Lipinski definition) is 3. The average Bonchev–Trinajstić information content (AvgIpc) is 2.68. The van der Waals surface area contributed by atoms with Crippen molar-refractivity contribution in [1.29, 1.82) is 0 Å². The number of ether oxygens (including phenoxy) is 2. The molecule has 2 rings (SSSR count). The second-order valence-corrected chi connectivity index (χ2v) is 7.89. The molecule has 0 aliphatic rings. The molecule has 5 heteroatoms. The summed E-state index contributed by atoms with van der Waals surface area (Å²) in [6.45, 7) is 4.55. The van der Waals surface area contributed by atoms with E-state index in [0.29, 0.717) is 6.61 Å².